The van der Waals surface area contributed by atoms with Crippen molar-refractivity contribution in [2.75, 3.05) is 44.0 Å². The second kappa shape index (κ2) is 13.0. The number of aliphatic hydroxyl groups is 1. The van der Waals surface area contributed by atoms with Crippen molar-refractivity contribution in [2.24, 2.45) is 0 Å². The summed E-state index contributed by atoms with van der Waals surface area (Å²) in [5.41, 5.74) is 1.08. The number of amides is 1. The molecule has 1 fully saturated rings. The average molecular weight is 567 g/mol. The molecule has 12 heteroatoms. The lowest BCUT2D eigenvalue weighted by molar-refractivity contribution is -0.115. The molecule has 1 saturated heterocycles. The Bertz CT molecular complexity index is 1470. The van der Waals surface area contributed by atoms with E-state index in [4.69, 9.17) is 9.47 Å². The standard InChI is InChI=1S/C28H31FN6O4S/c1-38-24-13-22-23(14-25(24)39-10-4-9-35-8-3-7-20(35)16-36)31-17-32-27(22)34-28-30-15-21(40-28)12-26(37)33-19-6-2-5-18(29)11-19/h2,5-6,11,13-15,17,20,36H,3-4,7-10,12,16H2,1H3,(H,33,37)(H,30,31,32,34)/t20-/m1/s1. The van der Waals surface area contributed by atoms with Gasteiger partial charge in [0, 0.05) is 40.8 Å². The molecule has 5 rings (SSSR count). The highest BCUT2D eigenvalue weighted by Gasteiger charge is 2.23. The number of carbonyl (C=O) groups excluding carboxylic acids is 1. The van der Waals surface area contributed by atoms with Gasteiger partial charge in [0.1, 0.15) is 18.0 Å². The van der Waals surface area contributed by atoms with Crippen LogP contribution in [0.5, 0.6) is 11.5 Å². The molecule has 0 saturated carbocycles. The maximum Gasteiger partial charge on any atom is 0.229 e. The van der Waals surface area contributed by atoms with Gasteiger partial charge in [-0.25, -0.2) is 19.3 Å². The van der Waals surface area contributed by atoms with Crippen molar-refractivity contribution in [1.29, 1.82) is 0 Å². The summed E-state index contributed by atoms with van der Waals surface area (Å²) in [7, 11) is 1.59. The molecule has 0 aliphatic carbocycles. The Hall–Kier alpha value is -3.87. The summed E-state index contributed by atoms with van der Waals surface area (Å²) in [6.45, 7) is 2.60. The molecule has 2 aromatic heterocycles. The minimum atomic E-state index is -0.413. The van der Waals surface area contributed by atoms with Gasteiger partial charge in [-0.1, -0.05) is 6.07 Å². The van der Waals surface area contributed by atoms with Crippen molar-refractivity contribution in [3.05, 3.63) is 59.6 Å². The minimum Gasteiger partial charge on any atom is -0.493 e. The predicted molar refractivity (Wildman–Crippen MR) is 152 cm³/mol. The van der Waals surface area contributed by atoms with Crippen LogP contribution in [0, 0.1) is 5.82 Å². The fraction of sp³-hybridized carbons (Fsp3) is 0.357. The van der Waals surface area contributed by atoms with Crippen LogP contribution >= 0.6 is 11.3 Å². The molecule has 4 aromatic rings. The van der Waals surface area contributed by atoms with E-state index in [0.29, 0.717) is 40.3 Å². The molecule has 10 nitrogen and oxygen atoms in total. The molecule has 0 bridgehead atoms. The molecular weight excluding hydrogens is 535 g/mol. The summed E-state index contributed by atoms with van der Waals surface area (Å²) < 4.78 is 25.0. The predicted octanol–water partition coefficient (Wildman–Crippen LogP) is 4.38. The molecule has 1 aliphatic rings. The van der Waals surface area contributed by atoms with Crippen LogP contribution < -0.4 is 20.1 Å². The van der Waals surface area contributed by atoms with Gasteiger partial charge >= 0.3 is 0 Å². The van der Waals surface area contributed by atoms with E-state index >= 15 is 0 Å². The van der Waals surface area contributed by atoms with E-state index in [1.54, 1.807) is 25.4 Å². The zero-order valence-electron chi connectivity index (χ0n) is 22.1. The van der Waals surface area contributed by atoms with Crippen LogP contribution in [-0.2, 0) is 11.2 Å². The minimum absolute atomic E-state index is 0.104. The lowest BCUT2D eigenvalue weighted by atomic mass is 10.2. The number of hydrogen-bond donors (Lipinski definition) is 3. The first-order valence-corrected chi connectivity index (χ1v) is 13.9. The number of nitrogens with one attached hydrogen (secondary N) is 2. The molecule has 1 amide bonds. The number of methoxy groups -OCH3 is 1. The van der Waals surface area contributed by atoms with E-state index in [1.807, 2.05) is 12.1 Å². The Labute approximate surface area is 235 Å². The number of carbonyl (C=O) groups is 1. The van der Waals surface area contributed by atoms with Crippen LogP contribution in [0.15, 0.2) is 48.9 Å². The van der Waals surface area contributed by atoms with Crippen LogP contribution in [0.4, 0.5) is 21.0 Å². The molecular formula is C28H31FN6O4S. The number of benzene rings is 2. The smallest absolute Gasteiger partial charge is 0.229 e. The van der Waals surface area contributed by atoms with Gasteiger partial charge in [0.15, 0.2) is 16.6 Å². The molecule has 210 valence electrons. The second-order valence-electron chi connectivity index (χ2n) is 9.45. The van der Waals surface area contributed by atoms with E-state index < -0.39 is 5.82 Å². The Morgan fingerprint density at radius 1 is 1.23 bits per heavy atom. The van der Waals surface area contributed by atoms with Gasteiger partial charge in [-0.3, -0.25) is 9.69 Å². The van der Waals surface area contributed by atoms with E-state index in [2.05, 4.69) is 30.5 Å². The number of rotatable bonds is 12. The first-order chi connectivity index (χ1) is 19.5. The number of hydrogen-bond acceptors (Lipinski definition) is 10. The molecule has 3 heterocycles. The fourth-order valence-electron chi connectivity index (χ4n) is 4.76. The van der Waals surface area contributed by atoms with E-state index in [1.165, 1.54) is 29.8 Å². The van der Waals surface area contributed by atoms with E-state index in [-0.39, 0.29) is 25.0 Å². The van der Waals surface area contributed by atoms with Crippen molar-refractivity contribution >= 4 is 44.8 Å². The number of anilines is 3. The van der Waals surface area contributed by atoms with Gasteiger partial charge in [0.2, 0.25) is 5.91 Å². The Morgan fingerprint density at radius 3 is 2.95 bits per heavy atom. The maximum absolute atomic E-state index is 13.4. The van der Waals surface area contributed by atoms with Gasteiger partial charge in [0.05, 0.1) is 32.3 Å². The highest BCUT2D eigenvalue weighted by atomic mass is 32.1. The normalized spacial score (nSPS) is 15.3. The monoisotopic (exact) mass is 566 g/mol. The quantitative estimate of drug-likeness (QED) is 0.214. The van der Waals surface area contributed by atoms with Gasteiger partial charge in [0.25, 0.3) is 0 Å². The van der Waals surface area contributed by atoms with Crippen molar-refractivity contribution in [3.8, 4) is 11.5 Å². The van der Waals surface area contributed by atoms with Crippen LogP contribution in [0.25, 0.3) is 10.9 Å². The lowest BCUT2D eigenvalue weighted by Crippen LogP contribution is -2.33. The van der Waals surface area contributed by atoms with Crippen LogP contribution in [0.3, 0.4) is 0 Å². The Balaban J connectivity index is 1.22. The lowest BCUT2D eigenvalue weighted by Gasteiger charge is -2.22. The Morgan fingerprint density at radius 2 is 2.12 bits per heavy atom. The fourth-order valence-corrected chi connectivity index (χ4v) is 5.57. The number of fused-ring (bicyclic) bond motifs is 1. The van der Waals surface area contributed by atoms with Gasteiger partial charge in [-0.2, -0.15) is 0 Å². The highest BCUT2D eigenvalue weighted by Crippen LogP contribution is 2.35. The third-order valence-corrected chi connectivity index (χ3v) is 7.61. The SMILES string of the molecule is COc1cc2c(Nc3ncc(CC(=O)Nc4cccc(F)c4)s3)ncnc2cc1OCCCN1CCC[C@@H]1CO. The summed E-state index contributed by atoms with van der Waals surface area (Å²) in [4.78, 5) is 28.6. The number of ether oxygens (including phenoxy) is 2. The summed E-state index contributed by atoms with van der Waals surface area (Å²) in [5.74, 6) is 1.03. The molecule has 2 aromatic carbocycles. The largest absolute Gasteiger partial charge is 0.493 e. The van der Waals surface area contributed by atoms with Gasteiger partial charge in [-0.05, 0) is 50.1 Å². The van der Waals surface area contributed by atoms with Crippen LogP contribution in [-0.4, -0.2) is 70.3 Å². The van der Waals surface area contributed by atoms with Crippen LogP contribution in [0.2, 0.25) is 0 Å². The van der Waals surface area contributed by atoms with Gasteiger partial charge in [-0.15, -0.1) is 11.3 Å². The van der Waals surface area contributed by atoms with E-state index in [0.717, 1.165) is 42.6 Å². The number of likely N-dealkylation sites (tertiary alicyclic amines) is 1. The summed E-state index contributed by atoms with van der Waals surface area (Å²) in [6.07, 6.45) is 6.19. The van der Waals surface area contributed by atoms with Crippen molar-refractivity contribution in [3.63, 3.8) is 0 Å². The summed E-state index contributed by atoms with van der Waals surface area (Å²) >= 11 is 1.32. The van der Waals surface area contributed by atoms with E-state index in [9.17, 15) is 14.3 Å². The third-order valence-electron chi connectivity index (χ3n) is 6.70. The highest BCUT2D eigenvalue weighted by molar-refractivity contribution is 7.15. The number of thiazole rings is 1. The molecule has 1 atom stereocenters. The molecule has 0 unspecified atom stereocenters. The van der Waals surface area contributed by atoms with Crippen molar-refractivity contribution in [1.82, 2.24) is 19.9 Å². The molecule has 0 spiro atoms. The third kappa shape index (κ3) is 6.82. The summed E-state index contributed by atoms with van der Waals surface area (Å²) in [5, 5.41) is 16.7. The first kappa shape index (κ1) is 27.7. The molecule has 0 radical (unpaired) electrons. The molecule has 1 aliphatic heterocycles. The topological polar surface area (TPSA) is 122 Å². The molecule has 3 N–H and O–H groups in total. The first-order valence-electron chi connectivity index (χ1n) is 13.1. The van der Waals surface area contributed by atoms with Crippen LogP contribution in [0.1, 0.15) is 24.1 Å². The van der Waals surface area contributed by atoms with Gasteiger partial charge < -0.3 is 25.2 Å². The molecule has 40 heavy (non-hydrogen) atoms. The number of nitrogens with zero attached hydrogens (tertiary/aromatic N) is 4. The average Bonchev–Trinajstić information content (AvgIpc) is 3.59. The number of halogens is 1. The Kier molecular flexibility index (Phi) is 8.99. The number of aromatic nitrogens is 3. The maximum atomic E-state index is 13.4. The zero-order valence-corrected chi connectivity index (χ0v) is 22.9. The summed E-state index contributed by atoms with van der Waals surface area (Å²) in [6, 6.07) is 9.68. The second-order valence-corrected chi connectivity index (χ2v) is 10.6. The van der Waals surface area contributed by atoms with Crippen molar-refractivity contribution in [2.45, 2.75) is 31.7 Å². The zero-order chi connectivity index (χ0) is 27.9. The van der Waals surface area contributed by atoms with Crippen molar-refractivity contribution < 1.29 is 23.8 Å². The number of aliphatic hydroxyl groups excluding tert-OH is 1.